The van der Waals surface area contributed by atoms with Crippen molar-refractivity contribution in [2.75, 3.05) is 6.54 Å². The van der Waals surface area contributed by atoms with Crippen LogP contribution in [-0.2, 0) is 13.0 Å². The lowest BCUT2D eigenvalue weighted by molar-refractivity contribution is 0.200. The maximum Gasteiger partial charge on any atom is 0.128 e. The molecule has 0 fully saturated rings. The molecule has 0 saturated carbocycles. The molecule has 0 unspecified atom stereocenters. The summed E-state index contributed by atoms with van der Waals surface area (Å²) in [7, 11) is 0. The average Bonchev–Trinajstić information content (AvgIpc) is 3.25. The number of thiazole rings is 1. The molecule has 5 rings (SSSR count). The lowest BCUT2D eigenvalue weighted by Crippen LogP contribution is -2.35. The van der Waals surface area contributed by atoms with Gasteiger partial charge >= 0.3 is 0 Å². The van der Waals surface area contributed by atoms with E-state index in [4.69, 9.17) is 0 Å². The molecule has 1 N–H and O–H groups in total. The summed E-state index contributed by atoms with van der Waals surface area (Å²) in [4.78, 5) is 11.6. The second-order valence-corrected chi connectivity index (χ2v) is 8.37. The maximum atomic E-state index is 14.8. The molecule has 0 radical (unpaired) electrons. The Morgan fingerprint density at radius 3 is 2.81 bits per heavy atom. The Morgan fingerprint density at radius 1 is 1.19 bits per heavy atom. The molecule has 2 aromatic heterocycles. The van der Waals surface area contributed by atoms with Gasteiger partial charge in [-0.05, 0) is 31.0 Å². The van der Waals surface area contributed by atoms with Crippen molar-refractivity contribution in [2.45, 2.75) is 25.9 Å². The number of aromatic amines is 1. The normalized spacial score (nSPS) is 17.3. The zero-order valence-electron chi connectivity index (χ0n) is 15.1. The average molecular weight is 377 g/mol. The van der Waals surface area contributed by atoms with Gasteiger partial charge in [0.15, 0.2) is 0 Å². The highest BCUT2D eigenvalue weighted by molar-refractivity contribution is 7.11. The summed E-state index contributed by atoms with van der Waals surface area (Å²) in [5.74, 6) is -0.153. The van der Waals surface area contributed by atoms with Crippen molar-refractivity contribution in [2.24, 2.45) is 0 Å². The van der Waals surface area contributed by atoms with Gasteiger partial charge in [-0.3, -0.25) is 4.90 Å². The molecule has 1 aliphatic heterocycles. The minimum atomic E-state index is -0.153. The van der Waals surface area contributed by atoms with Crippen LogP contribution >= 0.6 is 11.3 Å². The Hall–Kier alpha value is -2.50. The quantitative estimate of drug-likeness (QED) is 0.531. The minimum Gasteiger partial charge on any atom is -0.357 e. The van der Waals surface area contributed by atoms with Gasteiger partial charge in [0.2, 0.25) is 0 Å². The Balaban J connectivity index is 1.65. The van der Waals surface area contributed by atoms with Crippen molar-refractivity contribution in [1.82, 2.24) is 14.9 Å². The lowest BCUT2D eigenvalue weighted by atomic mass is 9.92. The van der Waals surface area contributed by atoms with E-state index in [1.54, 1.807) is 23.5 Å². The van der Waals surface area contributed by atoms with Crippen molar-refractivity contribution in [1.29, 1.82) is 0 Å². The SMILES string of the molecule is Cc1ncc(CN2CCc3c([nH]c4ccccc34)[C@H]2c2ccccc2F)s1. The number of rotatable bonds is 3. The van der Waals surface area contributed by atoms with Crippen LogP contribution in [0.25, 0.3) is 10.9 Å². The second kappa shape index (κ2) is 6.59. The second-order valence-electron chi connectivity index (χ2n) is 7.05. The zero-order chi connectivity index (χ0) is 18.4. The van der Waals surface area contributed by atoms with E-state index in [0.717, 1.165) is 41.3 Å². The number of para-hydroxylation sites is 1. The van der Waals surface area contributed by atoms with Crippen LogP contribution in [0.4, 0.5) is 4.39 Å². The first-order chi connectivity index (χ1) is 13.2. The van der Waals surface area contributed by atoms with Crippen LogP contribution in [-0.4, -0.2) is 21.4 Å². The van der Waals surface area contributed by atoms with E-state index >= 15 is 0 Å². The number of aryl methyl sites for hydroxylation is 1. The number of halogens is 1. The van der Waals surface area contributed by atoms with Gasteiger partial charge in [-0.25, -0.2) is 9.37 Å². The monoisotopic (exact) mass is 377 g/mol. The summed E-state index contributed by atoms with van der Waals surface area (Å²) >= 11 is 1.71. The third kappa shape index (κ3) is 2.87. The molecule has 4 aromatic rings. The number of benzene rings is 2. The molecule has 136 valence electrons. The summed E-state index contributed by atoms with van der Waals surface area (Å²) < 4.78 is 14.8. The van der Waals surface area contributed by atoms with Crippen LogP contribution < -0.4 is 0 Å². The largest absolute Gasteiger partial charge is 0.357 e. The molecule has 0 bridgehead atoms. The Labute approximate surface area is 161 Å². The van der Waals surface area contributed by atoms with Crippen molar-refractivity contribution >= 4 is 22.2 Å². The first-order valence-corrected chi connectivity index (χ1v) is 10.0. The molecular formula is C22H20FN3S. The number of nitrogens with zero attached hydrogens (tertiary/aromatic N) is 2. The fourth-order valence-corrected chi connectivity index (χ4v) is 5.01. The van der Waals surface area contributed by atoms with Gasteiger partial charge in [0, 0.05) is 46.3 Å². The number of aromatic nitrogens is 2. The van der Waals surface area contributed by atoms with Crippen LogP contribution in [0.1, 0.15) is 32.7 Å². The third-order valence-electron chi connectivity index (χ3n) is 5.36. The van der Waals surface area contributed by atoms with Gasteiger partial charge < -0.3 is 4.98 Å². The molecule has 5 heteroatoms. The van der Waals surface area contributed by atoms with E-state index in [-0.39, 0.29) is 11.9 Å². The number of nitrogens with one attached hydrogen (secondary N) is 1. The van der Waals surface area contributed by atoms with E-state index in [2.05, 4.69) is 33.1 Å². The molecule has 0 amide bonds. The van der Waals surface area contributed by atoms with Gasteiger partial charge in [0.25, 0.3) is 0 Å². The fourth-order valence-electron chi connectivity index (χ4n) is 4.19. The topological polar surface area (TPSA) is 31.9 Å². The van der Waals surface area contributed by atoms with E-state index < -0.39 is 0 Å². The Morgan fingerprint density at radius 2 is 2.00 bits per heavy atom. The molecule has 1 atom stereocenters. The molecule has 2 aromatic carbocycles. The highest BCUT2D eigenvalue weighted by Crippen LogP contribution is 2.40. The third-order valence-corrected chi connectivity index (χ3v) is 6.26. The van der Waals surface area contributed by atoms with Crippen molar-refractivity contribution in [3.63, 3.8) is 0 Å². The molecule has 3 heterocycles. The van der Waals surface area contributed by atoms with Crippen molar-refractivity contribution in [3.05, 3.63) is 87.3 Å². The van der Waals surface area contributed by atoms with E-state index in [9.17, 15) is 4.39 Å². The van der Waals surface area contributed by atoms with Gasteiger partial charge in [-0.2, -0.15) is 0 Å². The van der Waals surface area contributed by atoms with Crippen LogP contribution in [0.5, 0.6) is 0 Å². The van der Waals surface area contributed by atoms with Gasteiger partial charge in [-0.15, -0.1) is 11.3 Å². The summed E-state index contributed by atoms with van der Waals surface area (Å²) in [5.41, 5.74) is 4.29. The van der Waals surface area contributed by atoms with Crippen LogP contribution in [0.2, 0.25) is 0 Å². The van der Waals surface area contributed by atoms with E-state index in [0.29, 0.717) is 0 Å². The van der Waals surface area contributed by atoms with Gasteiger partial charge in [-0.1, -0.05) is 36.4 Å². The summed E-state index contributed by atoms with van der Waals surface area (Å²) in [6.45, 7) is 3.69. The summed E-state index contributed by atoms with van der Waals surface area (Å²) in [6, 6.07) is 15.4. The highest BCUT2D eigenvalue weighted by atomic mass is 32.1. The summed E-state index contributed by atoms with van der Waals surface area (Å²) in [6.07, 6.45) is 2.90. The first kappa shape index (κ1) is 16.7. The number of H-pyrrole nitrogens is 1. The molecule has 27 heavy (non-hydrogen) atoms. The lowest BCUT2D eigenvalue weighted by Gasteiger charge is -2.36. The summed E-state index contributed by atoms with van der Waals surface area (Å²) in [5, 5.41) is 2.32. The smallest absolute Gasteiger partial charge is 0.128 e. The predicted molar refractivity (Wildman–Crippen MR) is 108 cm³/mol. The Kier molecular flexibility index (Phi) is 4.06. The standard InChI is InChI=1S/C22H20FN3S/c1-14-24-12-15(27-14)13-26-11-10-17-16-6-3-5-9-20(16)25-21(17)22(26)18-7-2-4-8-19(18)23/h2-9,12,22,25H,10-11,13H2,1H3/t22-/m1/s1. The van der Waals surface area contributed by atoms with Gasteiger partial charge in [0.1, 0.15) is 5.82 Å². The van der Waals surface area contributed by atoms with Crippen LogP contribution in [0, 0.1) is 12.7 Å². The minimum absolute atomic E-state index is 0.121. The maximum absolute atomic E-state index is 14.8. The highest BCUT2D eigenvalue weighted by Gasteiger charge is 2.33. The molecular weight excluding hydrogens is 357 g/mol. The van der Waals surface area contributed by atoms with Crippen molar-refractivity contribution < 1.29 is 4.39 Å². The van der Waals surface area contributed by atoms with E-state index in [1.165, 1.54) is 15.8 Å². The number of fused-ring (bicyclic) bond motifs is 3. The van der Waals surface area contributed by atoms with Crippen LogP contribution in [0.3, 0.4) is 0 Å². The zero-order valence-corrected chi connectivity index (χ0v) is 15.9. The fraction of sp³-hybridized carbons (Fsp3) is 0.227. The number of hydrogen-bond acceptors (Lipinski definition) is 3. The molecule has 0 spiro atoms. The van der Waals surface area contributed by atoms with E-state index in [1.807, 2.05) is 31.3 Å². The molecule has 3 nitrogen and oxygen atoms in total. The first-order valence-electron chi connectivity index (χ1n) is 9.20. The van der Waals surface area contributed by atoms with Crippen molar-refractivity contribution in [3.8, 4) is 0 Å². The molecule has 1 aliphatic rings. The molecule has 0 aliphatic carbocycles. The Bertz CT molecular complexity index is 1110. The van der Waals surface area contributed by atoms with Gasteiger partial charge in [0.05, 0.1) is 11.0 Å². The molecule has 0 saturated heterocycles. The van der Waals surface area contributed by atoms with Crippen LogP contribution in [0.15, 0.2) is 54.7 Å². The number of hydrogen-bond donors (Lipinski definition) is 1. The predicted octanol–water partition coefficient (Wildman–Crippen LogP) is 5.22.